The average Bonchev–Trinajstić information content (AvgIpc) is 2.04. The van der Waals surface area contributed by atoms with Gasteiger partial charge in [-0.3, -0.25) is 4.99 Å². The third-order valence-electron chi connectivity index (χ3n) is 1.60. The summed E-state index contributed by atoms with van der Waals surface area (Å²) in [6.45, 7) is 0.219. The Kier molecular flexibility index (Phi) is 1.36. The molecule has 0 bridgehead atoms. The van der Waals surface area contributed by atoms with Crippen LogP contribution in [0.1, 0.15) is 0 Å². The highest BCUT2D eigenvalue weighted by molar-refractivity contribution is 5.21. The first-order chi connectivity index (χ1) is 5.36. The van der Waals surface area contributed by atoms with Gasteiger partial charge in [-0.05, 0) is 6.07 Å². The summed E-state index contributed by atoms with van der Waals surface area (Å²) in [4.78, 5) is 4.06. The summed E-state index contributed by atoms with van der Waals surface area (Å²) in [6, 6.07) is 7.59. The maximum atomic E-state index is 10.8. The first kappa shape index (κ1) is 6.37. The molecular weight excluding hydrogens is 140 g/mol. The average molecular weight is 147 g/mol. The topological polar surface area (TPSA) is 35.5 Å². The second-order valence-corrected chi connectivity index (χ2v) is 2.40. The summed E-state index contributed by atoms with van der Waals surface area (Å²) in [5.74, 6) is 0. The minimum atomic E-state index is 0.219. The van der Waals surface area contributed by atoms with Crippen molar-refractivity contribution in [2.24, 2.45) is 4.99 Å². The Bertz CT molecular complexity index is 372. The fourth-order valence-corrected chi connectivity index (χ4v) is 1.08. The zero-order chi connectivity index (χ0) is 7.68. The molecule has 0 aliphatic carbocycles. The second-order valence-electron chi connectivity index (χ2n) is 2.40. The highest BCUT2D eigenvalue weighted by Crippen LogP contribution is 1.86. The molecule has 2 rings (SSSR count). The van der Waals surface area contributed by atoms with Crippen molar-refractivity contribution in [2.75, 3.05) is 6.67 Å². The van der Waals surface area contributed by atoms with Crippen LogP contribution in [-0.2, 0) is 5.21 Å². The molecule has 1 heterocycles. The first-order valence-corrected chi connectivity index (χ1v) is 3.41. The molecule has 1 aromatic rings. The largest absolute Gasteiger partial charge is 0.261 e. The molecule has 0 unspecified atom stereocenters. The van der Waals surface area contributed by atoms with Crippen molar-refractivity contribution in [3.63, 3.8) is 0 Å². The van der Waals surface area contributed by atoms with Gasteiger partial charge in [0.1, 0.15) is 6.67 Å². The van der Waals surface area contributed by atoms with E-state index < -0.39 is 0 Å². The zero-order valence-corrected chi connectivity index (χ0v) is 5.90. The number of hydrogen-bond donors (Lipinski definition) is 0. The molecule has 1 aromatic carbocycles. The maximum absolute atomic E-state index is 10.8. The third kappa shape index (κ3) is 1.10. The molecule has 0 amide bonds. The SMILES string of the molecule is [O]N1C=c2ccccc2=NC1. The van der Waals surface area contributed by atoms with Crippen molar-refractivity contribution in [1.29, 1.82) is 0 Å². The van der Waals surface area contributed by atoms with E-state index in [-0.39, 0.29) is 6.67 Å². The lowest BCUT2D eigenvalue weighted by Crippen LogP contribution is -2.33. The summed E-state index contributed by atoms with van der Waals surface area (Å²) in [5, 5.41) is 13.4. The first-order valence-electron chi connectivity index (χ1n) is 3.41. The molecule has 11 heavy (non-hydrogen) atoms. The van der Waals surface area contributed by atoms with Gasteiger partial charge in [-0.2, -0.15) is 0 Å². The van der Waals surface area contributed by atoms with Gasteiger partial charge >= 0.3 is 0 Å². The highest BCUT2D eigenvalue weighted by Gasteiger charge is 1.98. The standard InChI is InChI=1S/C8H7N2O/c11-10-5-7-3-1-2-4-8(7)9-6-10/h1-5H,6H2. The molecule has 1 aliphatic heterocycles. The van der Waals surface area contributed by atoms with Crippen LogP contribution in [0, 0.1) is 0 Å². The van der Waals surface area contributed by atoms with Crippen LogP contribution in [0.5, 0.6) is 0 Å². The smallest absolute Gasteiger partial charge is 0.139 e. The Labute approximate surface area is 63.9 Å². The van der Waals surface area contributed by atoms with E-state index in [1.165, 1.54) is 0 Å². The molecule has 55 valence electrons. The molecule has 0 aromatic heterocycles. The predicted molar refractivity (Wildman–Crippen MR) is 39.1 cm³/mol. The van der Waals surface area contributed by atoms with Crippen LogP contribution < -0.4 is 10.6 Å². The summed E-state index contributed by atoms with van der Waals surface area (Å²) in [6.07, 6.45) is 1.56. The second kappa shape index (κ2) is 2.36. The van der Waals surface area contributed by atoms with Gasteiger partial charge in [-0.15, -0.1) is 0 Å². The van der Waals surface area contributed by atoms with Gasteiger partial charge in [0, 0.05) is 11.4 Å². The summed E-state index contributed by atoms with van der Waals surface area (Å²) < 4.78 is 0. The molecule has 0 spiro atoms. The van der Waals surface area contributed by atoms with Crippen molar-refractivity contribution in [3.05, 3.63) is 34.8 Å². The zero-order valence-electron chi connectivity index (χ0n) is 5.90. The number of hydroxylamine groups is 2. The lowest BCUT2D eigenvalue weighted by Gasteiger charge is -2.07. The summed E-state index contributed by atoms with van der Waals surface area (Å²) in [7, 11) is 0. The number of fused-ring (bicyclic) bond motifs is 1. The minimum absolute atomic E-state index is 0.219. The summed E-state index contributed by atoms with van der Waals surface area (Å²) in [5.41, 5.74) is 0. The van der Waals surface area contributed by atoms with Crippen molar-refractivity contribution in [2.45, 2.75) is 0 Å². The number of rotatable bonds is 0. The molecular formula is C8H7N2O. The van der Waals surface area contributed by atoms with Crippen molar-refractivity contribution in [1.82, 2.24) is 5.06 Å². The quantitative estimate of drug-likeness (QED) is 0.494. The van der Waals surface area contributed by atoms with Gasteiger partial charge in [0.2, 0.25) is 0 Å². The fourth-order valence-electron chi connectivity index (χ4n) is 1.08. The van der Waals surface area contributed by atoms with Gasteiger partial charge in [0.05, 0.1) is 5.36 Å². The van der Waals surface area contributed by atoms with Gasteiger partial charge in [-0.1, -0.05) is 23.4 Å². The van der Waals surface area contributed by atoms with Crippen LogP contribution in [0.15, 0.2) is 29.3 Å². The summed E-state index contributed by atoms with van der Waals surface area (Å²) >= 11 is 0. The van der Waals surface area contributed by atoms with E-state index in [0.29, 0.717) is 0 Å². The Balaban J connectivity index is 2.73. The van der Waals surface area contributed by atoms with Crippen LogP contribution in [0.2, 0.25) is 0 Å². The third-order valence-corrected chi connectivity index (χ3v) is 1.60. The van der Waals surface area contributed by atoms with Crippen LogP contribution in [0.25, 0.3) is 6.20 Å². The molecule has 0 atom stereocenters. The van der Waals surface area contributed by atoms with Crippen molar-refractivity contribution in [3.8, 4) is 0 Å². The minimum Gasteiger partial charge on any atom is -0.261 e. The van der Waals surface area contributed by atoms with E-state index in [0.717, 1.165) is 15.6 Å². The van der Waals surface area contributed by atoms with E-state index in [2.05, 4.69) is 4.99 Å². The Morgan fingerprint density at radius 1 is 1.36 bits per heavy atom. The maximum Gasteiger partial charge on any atom is 0.139 e. The van der Waals surface area contributed by atoms with Crippen LogP contribution >= 0.6 is 0 Å². The van der Waals surface area contributed by atoms with Gasteiger partial charge in [0.25, 0.3) is 0 Å². The van der Waals surface area contributed by atoms with E-state index >= 15 is 0 Å². The van der Waals surface area contributed by atoms with Gasteiger partial charge in [0.15, 0.2) is 0 Å². The Hall–Kier alpha value is -1.35. The van der Waals surface area contributed by atoms with Crippen LogP contribution in [0.4, 0.5) is 0 Å². The molecule has 0 saturated heterocycles. The molecule has 3 nitrogen and oxygen atoms in total. The normalized spacial score (nSPS) is 14.8. The molecule has 1 radical (unpaired) electrons. The number of nitrogens with zero attached hydrogens (tertiary/aromatic N) is 2. The van der Waals surface area contributed by atoms with Gasteiger partial charge < -0.3 is 0 Å². The monoisotopic (exact) mass is 147 g/mol. The number of hydrogen-bond acceptors (Lipinski definition) is 2. The highest BCUT2D eigenvalue weighted by atomic mass is 16.5. The van der Waals surface area contributed by atoms with E-state index in [4.69, 9.17) is 0 Å². The molecule has 1 aliphatic rings. The van der Waals surface area contributed by atoms with E-state index in [1.54, 1.807) is 6.20 Å². The lowest BCUT2D eigenvalue weighted by molar-refractivity contribution is -0.0943. The molecule has 3 heteroatoms. The molecule has 0 saturated carbocycles. The van der Waals surface area contributed by atoms with E-state index in [1.807, 2.05) is 24.3 Å². The lowest BCUT2D eigenvalue weighted by atomic mass is 10.3. The fraction of sp³-hybridized carbons (Fsp3) is 0.125. The Morgan fingerprint density at radius 3 is 3.09 bits per heavy atom. The number of benzene rings is 1. The van der Waals surface area contributed by atoms with Crippen molar-refractivity contribution < 1.29 is 5.21 Å². The van der Waals surface area contributed by atoms with E-state index in [9.17, 15) is 5.21 Å². The van der Waals surface area contributed by atoms with Gasteiger partial charge in [-0.25, -0.2) is 5.06 Å². The van der Waals surface area contributed by atoms with Crippen LogP contribution in [0.3, 0.4) is 0 Å². The molecule has 0 N–H and O–H groups in total. The van der Waals surface area contributed by atoms with Crippen LogP contribution in [-0.4, -0.2) is 11.7 Å². The number of para-hydroxylation sites is 1. The van der Waals surface area contributed by atoms with Crippen molar-refractivity contribution >= 4 is 6.20 Å². The Morgan fingerprint density at radius 2 is 2.18 bits per heavy atom. The molecule has 0 fully saturated rings. The predicted octanol–water partition coefficient (Wildman–Crippen LogP) is -0.337.